The average Bonchev–Trinajstić information content (AvgIpc) is 3.01. The van der Waals surface area contributed by atoms with Crippen molar-refractivity contribution in [3.05, 3.63) is 52.6 Å². The normalized spacial score (nSPS) is 11.2. The zero-order chi connectivity index (χ0) is 16.2. The van der Waals surface area contributed by atoms with E-state index in [4.69, 9.17) is 4.74 Å². The molecule has 0 atom stereocenters. The van der Waals surface area contributed by atoms with E-state index in [2.05, 4.69) is 4.98 Å². The molecule has 0 radical (unpaired) electrons. The third kappa shape index (κ3) is 3.18. The van der Waals surface area contributed by atoms with Crippen LogP contribution in [0.5, 0.6) is 0 Å². The van der Waals surface area contributed by atoms with E-state index in [0.29, 0.717) is 29.1 Å². The van der Waals surface area contributed by atoms with E-state index in [1.54, 1.807) is 7.11 Å². The summed E-state index contributed by atoms with van der Waals surface area (Å²) < 4.78 is 19.3. The lowest BCUT2D eigenvalue weighted by atomic mass is 10.2. The first-order valence-electron chi connectivity index (χ1n) is 7.38. The molecule has 0 aliphatic heterocycles. The Bertz CT molecular complexity index is 858. The molecule has 3 aromatic rings. The summed E-state index contributed by atoms with van der Waals surface area (Å²) in [5.74, 6) is 0.573. The Hall–Kier alpha value is -2.05. The maximum atomic E-state index is 12.8. The fraction of sp³-hybridized carbons (Fsp3) is 0.294. The number of fused-ring (bicyclic) bond motifs is 1. The lowest BCUT2D eigenvalue weighted by Crippen LogP contribution is -2.26. The van der Waals surface area contributed by atoms with Crippen molar-refractivity contribution >= 4 is 21.6 Å². The first-order valence-corrected chi connectivity index (χ1v) is 8.20. The quantitative estimate of drug-likeness (QED) is 0.696. The van der Waals surface area contributed by atoms with E-state index < -0.39 is 6.67 Å². The zero-order valence-electron chi connectivity index (χ0n) is 12.8. The topological polar surface area (TPSA) is 44.1 Å². The highest BCUT2D eigenvalue weighted by Crippen LogP contribution is 2.31. The molecule has 4 nitrogen and oxygen atoms in total. The third-order valence-electron chi connectivity index (χ3n) is 3.63. The molecule has 0 fully saturated rings. The van der Waals surface area contributed by atoms with Crippen LogP contribution in [0.15, 0.2) is 41.2 Å². The van der Waals surface area contributed by atoms with Gasteiger partial charge in [-0.3, -0.25) is 9.36 Å². The summed E-state index contributed by atoms with van der Waals surface area (Å²) in [4.78, 5) is 18.9. The van der Waals surface area contributed by atoms with E-state index in [-0.39, 0.29) is 12.1 Å². The molecule has 0 bridgehead atoms. The van der Waals surface area contributed by atoms with E-state index in [1.165, 1.54) is 15.9 Å². The van der Waals surface area contributed by atoms with Gasteiger partial charge in [0.15, 0.2) is 0 Å². The maximum Gasteiger partial charge on any atom is 0.262 e. The van der Waals surface area contributed by atoms with Gasteiger partial charge in [-0.2, -0.15) is 0 Å². The van der Waals surface area contributed by atoms with Gasteiger partial charge in [0.25, 0.3) is 5.56 Å². The summed E-state index contributed by atoms with van der Waals surface area (Å²) in [6, 6.07) is 11.7. The van der Waals surface area contributed by atoms with Crippen LogP contribution >= 0.6 is 11.3 Å². The minimum atomic E-state index is -0.594. The summed E-state index contributed by atoms with van der Waals surface area (Å²) in [5.41, 5.74) is 0.863. The summed E-state index contributed by atoms with van der Waals surface area (Å²) in [6.07, 6.45) is 0.486. The molecule has 0 saturated carbocycles. The lowest BCUT2D eigenvalue weighted by Gasteiger charge is -2.10. The summed E-state index contributed by atoms with van der Waals surface area (Å²) in [6.45, 7) is -0.124. The van der Waals surface area contributed by atoms with Gasteiger partial charge in [-0.15, -0.1) is 11.3 Å². The van der Waals surface area contributed by atoms with Crippen LogP contribution in [0.1, 0.15) is 5.82 Å². The van der Waals surface area contributed by atoms with Gasteiger partial charge < -0.3 is 4.74 Å². The van der Waals surface area contributed by atoms with Crippen LogP contribution in [-0.4, -0.2) is 29.9 Å². The van der Waals surface area contributed by atoms with Crippen molar-refractivity contribution in [1.29, 1.82) is 0 Å². The Morgan fingerprint density at radius 2 is 2.09 bits per heavy atom. The summed E-state index contributed by atoms with van der Waals surface area (Å²) in [7, 11) is 1.59. The van der Waals surface area contributed by atoms with Crippen LogP contribution in [-0.2, 0) is 17.7 Å². The second kappa shape index (κ2) is 7.02. The van der Waals surface area contributed by atoms with E-state index in [1.807, 2.05) is 36.4 Å². The third-order valence-corrected chi connectivity index (χ3v) is 4.70. The van der Waals surface area contributed by atoms with Gasteiger partial charge in [-0.1, -0.05) is 30.3 Å². The molecular formula is C17H17FN2O2S. The second-order valence-corrected chi connectivity index (χ2v) is 6.14. The molecular weight excluding hydrogens is 315 g/mol. The predicted octanol–water partition coefficient (Wildman–Crippen LogP) is 3.28. The second-order valence-electron chi connectivity index (χ2n) is 5.11. The number of rotatable bonds is 6. The number of hydrogen-bond donors (Lipinski definition) is 0. The summed E-state index contributed by atoms with van der Waals surface area (Å²) >= 11 is 1.48. The number of hydrogen-bond acceptors (Lipinski definition) is 4. The van der Waals surface area contributed by atoms with E-state index >= 15 is 0 Å². The highest BCUT2D eigenvalue weighted by atomic mass is 32.1. The van der Waals surface area contributed by atoms with Crippen LogP contribution in [0, 0.1) is 0 Å². The molecule has 2 heterocycles. The molecule has 6 heteroatoms. The zero-order valence-corrected chi connectivity index (χ0v) is 13.6. The van der Waals surface area contributed by atoms with Crippen LogP contribution in [0.3, 0.4) is 0 Å². The molecule has 0 unspecified atom stereocenters. The fourth-order valence-corrected chi connectivity index (χ4v) is 3.55. The molecule has 1 aromatic carbocycles. The average molecular weight is 332 g/mol. The van der Waals surface area contributed by atoms with Crippen LogP contribution in [0.25, 0.3) is 20.7 Å². The Balaban J connectivity index is 2.14. The first kappa shape index (κ1) is 15.8. The highest BCUT2D eigenvalue weighted by molar-refractivity contribution is 7.21. The minimum absolute atomic E-state index is 0.0251. The van der Waals surface area contributed by atoms with Crippen molar-refractivity contribution in [2.75, 3.05) is 20.4 Å². The molecule has 3 rings (SSSR count). The summed E-state index contributed by atoms with van der Waals surface area (Å²) in [5, 5.41) is 0.545. The molecule has 2 aromatic heterocycles. The van der Waals surface area contributed by atoms with Crippen molar-refractivity contribution in [3.63, 3.8) is 0 Å². The number of ether oxygens (including phenoxy) is 1. The van der Waals surface area contributed by atoms with Crippen molar-refractivity contribution in [1.82, 2.24) is 9.55 Å². The molecule has 0 spiro atoms. The Morgan fingerprint density at radius 1 is 1.30 bits per heavy atom. The monoisotopic (exact) mass is 332 g/mol. The molecule has 23 heavy (non-hydrogen) atoms. The molecule has 0 aliphatic carbocycles. The number of nitrogens with zero attached hydrogens (tertiary/aromatic N) is 2. The fourth-order valence-electron chi connectivity index (χ4n) is 2.50. The molecule has 0 aliphatic rings. The van der Waals surface area contributed by atoms with Crippen LogP contribution < -0.4 is 5.56 Å². The lowest BCUT2D eigenvalue weighted by molar-refractivity contribution is 0.199. The number of halogens is 1. The van der Waals surface area contributed by atoms with Gasteiger partial charge in [0.05, 0.1) is 18.5 Å². The van der Waals surface area contributed by atoms with Crippen LogP contribution in [0.4, 0.5) is 4.39 Å². The number of benzene rings is 1. The van der Waals surface area contributed by atoms with Gasteiger partial charge >= 0.3 is 0 Å². The molecule has 120 valence electrons. The number of alkyl halides is 1. The SMILES string of the molecule is COCCc1nc2sc(-c3ccccc3)cc2c(=O)n1CCF. The Kier molecular flexibility index (Phi) is 4.83. The largest absolute Gasteiger partial charge is 0.384 e. The maximum absolute atomic E-state index is 12.8. The Labute approximate surface area is 137 Å². The van der Waals surface area contributed by atoms with Gasteiger partial charge in [0, 0.05) is 18.4 Å². The van der Waals surface area contributed by atoms with Crippen molar-refractivity contribution in [2.24, 2.45) is 0 Å². The van der Waals surface area contributed by atoms with Gasteiger partial charge in [0.1, 0.15) is 17.3 Å². The van der Waals surface area contributed by atoms with Gasteiger partial charge in [0.2, 0.25) is 0 Å². The smallest absolute Gasteiger partial charge is 0.262 e. The molecule has 0 amide bonds. The highest BCUT2D eigenvalue weighted by Gasteiger charge is 2.14. The van der Waals surface area contributed by atoms with Crippen molar-refractivity contribution in [2.45, 2.75) is 13.0 Å². The standard InChI is InChI=1S/C17H17FN2O2S/c1-22-10-7-15-19-16-13(17(21)20(15)9-8-18)11-14(23-16)12-5-3-2-4-6-12/h2-6,11H,7-10H2,1H3. The van der Waals surface area contributed by atoms with E-state index in [9.17, 15) is 9.18 Å². The van der Waals surface area contributed by atoms with Gasteiger partial charge in [-0.25, -0.2) is 9.37 Å². The van der Waals surface area contributed by atoms with Crippen LogP contribution in [0.2, 0.25) is 0 Å². The Morgan fingerprint density at radius 3 is 2.78 bits per heavy atom. The number of aromatic nitrogens is 2. The molecule has 0 saturated heterocycles. The van der Waals surface area contributed by atoms with E-state index in [0.717, 1.165) is 10.4 Å². The van der Waals surface area contributed by atoms with Gasteiger partial charge in [-0.05, 0) is 11.6 Å². The molecule has 0 N–H and O–H groups in total. The predicted molar refractivity (Wildman–Crippen MR) is 90.9 cm³/mol. The van der Waals surface area contributed by atoms with Crippen molar-refractivity contribution < 1.29 is 9.13 Å². The number of thiophene rings is 1. The first-order chi connectivity index (χ1) is 11.2. The minimum Gasteiger partial charge on any atom is -0.384 e. The number of methoxy groups -OCH3 is 1. The van der Waals surface area contributed by atoms with Crippen molar-refractivity contribution in [3.8, 4) is 10.4 Å².